The molecule has 0 aliphatic carbocycles. The molecule has 1 N–H and O–H groups in total. The number of amides is 2. The van der Waals surface area contributed by atoms with Gasteiger partial charge >= 0.3 is 5.97 Å². The third kappa shape index (κ3) is 4.36. The highest BCUT2D eigenvalue weighted by molar-refractivity contribution is 7.12. The lowest BCUT2D eigenvalue weighted by Crippen LogP contribution is -2.45. The summed E-state index contributed by atoms with van der Waals surface area (Å²) in [6, 6.07) is 11.6. The average molecular weight is 386 g/mol. The number of nitrogens with zero attached hydrogens (tertiary/aromatic N) is 2. The fraction of sp³-hybridized carbons (Fsp3) is 0.350. The van der Waals surface area contributed by atoms with Crippen molar-refractivity contribution in [3.05, 3.63) is 46.7 Å². The zero-order valence-corrected chi connectivity index (χ0v) is 15.9. The number of benzene rings is 1. The number of likely N-dealkylation sites (N-methyl/N-ethyl adjacent to an activating group) is 1. The van der Waals surface area contributed by atoms with Crippen molar-refractivity contribution in [1.29, 1.82) is 0 Å². The fourth-order valence-electron chi connectivity index (χ4n) is 3.24. The molecule has 2 amide bonds. The number of carboxylic acid groups (broad SMARTS) is 1. The molecule has 0 atom stereocenters. The Labute approximate surface area is 162 Å². The summed E-state index contributed by atoms with van der Waals surface area (Å²) >= 11 is 1.37. The summed E-state index contributed by atoms with van der Waals surface area (Å²) in [6.07, 6.45) is 0.920. The first-order valence-electron chi connectivity index (χ1n) is 8.86. The summed E-state index contributed by atoms with van der Waals surface area (Å²) in [7, 11) is 1.62. The van der Waals surface area contributed by atoms with E-state index >= 15 is 0 Å². The van der Waals surface area contributed by atoms with Crippen LogP contribution in [0.4, 0.5) is 0 Å². The molecule has 0 saturated carbocycles. The molecule has 0 unspecified atom stereocenters. The van der Waals surface area contributed by atoms with Crippen molar-refractivity contribution in [3.63, 3.8) is 0 Å². The molecule has 7 heteroatoms. The van der Waals surface area contributed by atoms with E-state index in [-0.39, 0.29) is 24.3 Å². The number of aliphatic carboxylic acids is 1. The van der Waals surface area contributed by atoms with Gasteiger partial charge in [0.15, 0.2) is 0 Å². The van der Waals surface area contributed by atoms with Gasteiger partial charge < -0.3 is 14.9 Å². The van der Waals surface area contributed by atoms with Crippen LogP contribution in [0.1, 0.15) is 22.5 Å². The second kappa shape index (κ2) is 8.35. The number of carboxylic acids is 1. The summed E-state index contributed by atoms with van der Waals surface area (Å²) in [5, 5.41) is 10.9. The molecule has 1 aromatic carbocycles. The van der Waals surface area contributed by atoms with E-state index in [1.165, 1.54) is 16.2 Å². The van der Waals surface area contributed by atoms with E-state index in [9.17, 15) is 14.4 Å². The van der Waals surface area contributed by atoms with Gasteiger partial charge in [-0.1, -0.05) is 30.3 Å². The molecule has 2 heterocycles. The number of thiophene rings is 1. The normalized spacial score (nSPS) is 14.8. The molecule has 0 radical (unpaired) electrons. The van der Waals surface area contributed by atoms with Crippen molar-refractivity contribution in [1.82, 2.24) is 9.80 Å². The molecule has 6 nitrogen and oxygen atoms in total. The van der Waals surface area contributed by atoms with Gasteiger partial charge in [-0.25, -0.2) is 0 Å². The van der Waals surface area contributed by atoms with Crippen LogP contribution < -0.4 is 0 Å². The molecule has 3 rings (SSSR count). The minimum atomic E-state index is -0.805. The zero-order chi connectivity index (χ0) is 19.4. The van der Waals surface area contributed by atoms with Crippen LogP contribution in [0.15, 0.2) is 41.8 Å². The third-order valence-electron chi connectivity index (χ3n) is 4.86. The Morgan fingerprint density at radius 1 is 1.15 bits per heavy atom. The smallest absolute Gasteiger partial charge is 0.306 e. The van der Waals surface area contributed by atoms with Crippen molar-refractivity contribution < 1.29 is 19.5 Å². The Balaban J connectivity index is 1.63. The van der Waals surface area contributed by atoms with E-state index in [1.54, 1.807) is 11.9 Å². The maximum Gasteiger partial charge on any atom is 0.306 e. The molecule has 0 spiro atoms. The lowest BCUT2D eigenvalue weighted by atomic mass is 9.97. The topological polar surface area (TPSA) is 77.9 Å². The predicted octanol–water partition coefficient (Wildman–Crippen LogP) is 2.81. The first kappa shape index (κ1) is 19.1. The Kier molecular flexibility index (Phi) is 5.91. The molecule has 1 aliphatic heterocycles. The SMILES string of the molecule is CN(CC(=O)N1CCC(C(=O)O)CC1)C(=O)c1sccc1-c1ccccc1. The van der Waals surface area contributed by atoms with E-state index in [0.717, 1.165) is 11.1 Å². The lowest BCUT2D eigenvalue weighted by Gasteiger charge is -2.31. The number of rotatable bonds is 5. The average Bonchev–Trinajstić information content (AvgIpc) is 3.17. The standard InChI is InChI=1S/C20H22N2O4S/c1-21(13-17(23)22-10-7-15(8-11-22)20(25)26)19(24)18-16(9-12-27-18)14-5-3-2-4-6-14/h2-6,9,12,15H,7-8,10-11,13H2,1H3,(H,25,26). The third-order valence-corrected chi connectivity index (χ3v) is 5.76. The Morgan fingerprint density at radius 2 is 1.81 bits per heavy atom. The van der Waals surface area contributed by atoms with Crippen LogP contribution in [0.25, 0.3) is 11.1 Å². The van der Waals surface area contributed by atoms with Crippen LogP contribution in [-0.2, 0) is 9.59 Å². The molecular weight excluding hydrogens is 364 g/mol. The highest BCUT2D eigenvalue weighted by Gasteiger charge is 2.28. The largest absolute Gasteiger partial charge is 0.481 e. The Bertz CT molecular complexity index is 826. The van der Waals surface area contributed by atoms with Crippen molar-refractivity contribution in [3.8, 4) is 11.1 Å². The van der Waals surface area contributed by atoms with Gasteiger partial charge in [0.25, 0.3) is 5.91 Å². The van der Waals surface area contributed by atoms with Crippen LogP contribution in [0.3, 0.4) is 0 Å². The van der Waals surface area contributed by atoms with Gasteiger partial charge in [-0.2, -0.15) is 0 Å². The molecule has 1 aromatic heterocycles. The maximum absolute atomic E-state index is 12.8. The van der Waals surface area contributed by atoms with Crippen LogP contribution in [0, 0.1) is 5.92 Å². The fourth-order valence-corrected chi connectivity index (χ4v) is 4.15. The van der Waals surface area contributed by atoms with Crippen molar-refractivity contribution in [2.24, 2.45) is 5.92 Å². The first-order valence-corrected chi connectivity index (χ1v) is 9.74. The molecule has 1 aliphatic rings. The van der Waals surface area contributed by atoms with Gasteiger partial charge in [0.05, 0.1) is 17.3 Å². The second-order valence-electron chi connectivity index (χ2n) is 6.68. The molecule has 0 bridgehead atoms. The number of carbonyl (C=O) groups is 3. The number of hydrogen-bond acceptors (Lipinski definition) is 4. The minimum absolute atomic E-state index is 0.0112. The molecule has 27 heavy (non-hydrogen) atoms. The number of hydrogen-bond donors (Lipinski definition) is 1. The number of carbonyl (C=O) groups excluding carboxylic acids is 2. The van der Waals surface area contributed by atoms with Crippen molar-refractivity contribution >= 4 is 29.1 Å². The summed E-state index contributed by atoms with van der Waals surface area (Å²) in [5.41, 5.74) is 1.84. The summed E-state index contributed by atoms with van der Waals surface area (Å²) in [4.78, 5) is 40.1. The highest BCUT2D eigenvalue weighted by atomic mass is 32.1. The number of piperidine rings is 1. The zero-order valence-electron chi connectivity index (χ0n) is 15.1. The van der Waals surface area contributed by atoms with E-state index in [2.05, 4.69) is 0 Å². The Hall–Kier alpha value is -2.67. The van der Waals surface area contributed by atoms with Gasteiger partial charge in [0, 0.05) is 25.7 Å². The number of likely N-dealkylation sites (tertiary alicyclic amines) is 1. The summed E-state index contributed by atoms with van der Waals surface area (Å²) in [6.45, 7) is 0.834. The van der Waals surface area contributed by atoms with Crippen LogP contribution in [-0.4, -0.2) is 59.4 Å². The van der Waals surface area contributed by atoms with Gasteiger partial charge in [-0.3, -0.25) is 14.4 Å². The van der Waals surface area contributed by atoms with E-state index in [0.29, 0.717) is 30.8 Å². The quantitative estimate of drug-likeness (QED) is 0.857. The van der Waals surface area contributed by atoms with Gasteiger partial charge in [0.2, 0.25) is 5.91 Å². The van der Waals surface area contributed by atoms with Gasteiger partial charge in [0.1, 0.15) is 0 Å². The van der Waals surface area contributed by atoms with Crippen LogP contribution in [0.2, 0.25) is 0 Å². The molecule has 2 aromatic rings. The highest BCUT2D eigenvalue weighted by Crippen LogP contribution is 2.29. The lowest BCUT2D eigenvalue weighted by molar-refractivity contribution is -0.145. The van der Waals surface area contributed by atoms with Crippen molar-refractivity contribution in [2.75, 3.05) is 26.7 Å². The van der Waals surface area contributed by atoms with Crippen LogP contribution in [0.5, 0.6) is 0 Å². The second-order valence-corrected chi connectivity index (χ2v) is 7.60. The van der Waals surface area contributed by atoms with Crippen LogP contribution >= 0.6 is 11.3 Å². The first-order chi connectivity index (χ1) is 13.0. The van der Waals surface area contributed by atoms with E-state index < -0.39 is 5.97 Å². The monoisotopic (exact) mass is 386 g/mol. The summed E-state index contributed by atoms with van der Waals surface area (Å²) in [5.74, 6) is -1.52. The van der Waals surface area contributed by atoms with Gasteiger partial charge in [-0.05, 0) is 29.9 Å². The minimum Gasteiger partial charge on any atom is -0.481 e. The van der Waals surface area contributed by atoms with E-state index in [1.807, 2.05) is 41.8 Å². The molecule has 142 valence electrons. The Morgan fingerprint density at radius 3 is 2.44 bits per heavy atom. The van der Waals surface area contributed by atoms with Gasteiger partial charge in [-0.15, -0.1) is 11.3 Å². The molecule has 1 saturated heterocycles. The van der Waals surface area contributed by atoms with Crippen molar-refractivity contribution in [2.45, 2.75) is 12.8 Å². The summed E-state index contributed by atoms with van der Waals surface area (Å²) < 4.78 is 0. The maximum atomic E-state index is 12.8. The van der Waals surface area contributed by atoms with E-state index in [4.69, 9.17) is 5.11 Å². The molecule has 1 fully saturated rings. The molecular formula is C20H22N2O4S. The predicted molar refractivity (Wildman–Crippen MR) is 104 cm³/mol.